The number of hydrogen-bond acceptors (Lipinski definition) is 6. The second-order valence-electron chi connectivity index (χ2n) is 6.13. The van der Waals surface area contributed by atoms with Crippen LogP contribution in [-0.4, -0.2) is 16.8 Å². The zero-order valence-electron chi connectivity index (χ0n) is 15.5. The molecule has 1 aromatic heterocycles. The van der Waals surface area contributed by atoms with Gasteiger partial charge in [-0.3, -0.25) is 15.8 Å². The molecule has 2 N–H and O–H groups in total. The number of pyridine rings is 1. The van der Waals surface area contributed by atoms with Crippen molar-refractivity contribution in [3.05, 3.63) is 85.8 Å². The van der Waals surface area contributed by atoms with Crippen LogP contribution >= 0.6 is 39.1 Å². The Labute approximate surface area is 195 Å². The van der Waals surface area contributed by atoms with Crippen LogP contribution in [0.3, 0.4) is 0 Å². The van der Waals surface area contributed by atoms with Gasteiger partial charge in [-0.1, -0.05) is 29.3 Å². The van der Waals surface area contributed by atoms with Crippen LogP contribution in [0, 0.1) is 28.0 Å². The maximum absolute atomic E-state index is 15.1. The Morgan fingerprint density at radius 2 is 1.97 bits per heavy atom. The third-order valence-electron chi connectivity index (χ3n) is 3.94. The zero-order chi connectivity index (χ0) is 22.5. The Bertz CT molecular complexity index is 1230. The number of halogens is 4. The van der Waals surface area contributed by atoms with E-state index in [1.807, 2.05) is 6.07 Å². The lowest BCUT2D eigenvalue weighted by Gasteiger charge is -2.13. The Morgan fingerprint density at radius 1 is 1.19 bits per heavy atom. The number of benzene rings is 2. The van der Waals surface area contributed by atoms with Crippen LogP contribution in [0.15, 0.2) is 53.3 Å². The molecule has 31 heavy (non-hydrogen) atoms. The number of nitriles is 1. The van der Waals surface area contributed by atoms with E-state index in [0.717, 1.165) is 0 Å². The predicted molar refractivity (Wildman–Crippen MR) is 119 cm³/mol. The van der Waals surface area contributed by atoms with Crippen molar-refractivity contribution in [3.63, 3.8) is 0 Å². The average molecular weight is 522 g/mol. The summed E-state index contributed by atoms with van der Waals surface area (Å²) in [6.07, 6.45) is 2.55. The first-order valence-electron chi connectivity index (χ1n) is 8.57. The third-order valence-corrected chi connectivity index (χ3v) is 5.09. The lowest BCUT2D eigenvalue weighted by molar-refractivity contribution is 0.435. The summed E-state index contributed by atoms with van der Waals surface area (Å²) in [5.74, 6) is -1.39. The molecular formula is C21H12BrCl2FN4O2. The highest BCUT2D eigenvalue weighted by molar-refractivity contribution is 9.10. The van der Waals surface area contributed by atoms with Crippen molar-refractivity contribution in [1.82, 2.24) is 4.98 Å². The van der Waals surface area contributed by atoms with Gasteiger partial charge in [-0.15, -0.1) is 0 Å². The fourth-order valence-corrected chi connectivity index (χ4v) is 3.37. The molecule has 6 nitrogen and oxygen atoms in total. The minimum atomic E-state index is -0.727. The van der Waals surface area contributed by atoms with E-state index in [2.05, 4.69) is 20.9 Å². The first-order valence-corrected chi connectivity index (χ1v) is 10.1. The highest BCUT2D eigenvalue weighted by atomic mass is 79.9. The molecule has 3 aromatic rings. The smallest absolute Gasteiger partial charge is 0.222 e. The van der Waals surface area contributed by atoms with Crippen LogP contribution < -0.4 is 4.74 Å². The summed E-state index contributed by atoms with van der Waals surface area (Å²) in [7, 11) is 0. The number of ether oxygens (including phenoxy) is 2. The summed E-state index contributed by atoms with van der Waals surface area (Å²) in [6.45, 7) is 0. The molecule has 0 bridgehead atoms. The Morgan fingerprint density at radius 3 is 2.68 bits per heavy atom. The Kier molecular flexibility index (Phi) is 7.23. The van der Waals surface area contributed by atoms with Gasteiger partial charge in [0.25, 0.3) is 0 Å². The van der Waals surface area contributed by atoms with E-state index >= 15 is 4.39 Å². The molecular weight excluding hydrogens is 510 g/mol. The van der Waals surface area contributed by atoms with Crippen LogP contribution in [0.1, 0.15) is 16.7 Å². The number of hydrogen-bond donors (Lipinski definition) is 2. The van der Waals surface area contributed by atoms with Gasteiger partial charge in [0.2, 0.25) is 5.90 Å². The Balaban J connectivity index is 1.80. The van der Waals surface area contributed by atoms with Crippen molar-refractivity contribution in [2.45, 2.75) is 6.42 Å². The summed E-state index contributed by atoms with van der Waals surface area (Å²) in [6, 6.07) is 10.8. The molecule has 0 saturated heterocycles. The fourth-order valence-electron chi connectivity index (χ4n) is 2.55. The first-order chi connectivity index (χ1) is 14.8. The van der Waals surface area contributed by atoms with Gasteiger partial charge in [-0.25, -0.2) is 4.39 Å². The largest absolute Gasteiger partial charge is 0.453 e. The molecule has 0 amide bonds. The van der Waals surface area contributed by atoms with Crippen molar-refractivity contribution in [3.8, 4) is 17.6 Å². The van der Waals surface area contributed by atoms with E-state index in [1.165, 1.54) is 42.7 Å². The first kappa shape index (κ1) is 22.7. The lowest BCUT2D eigenvalue weighted by Crippen LogP contribution is -2.15. The number of nitrogens with zero attached hydrogens (tertiary/aromatic N) is 2. The molecule has 10 heteroatoms. The molecule has 3 rings (SSSR count). The maximum atomic E-state index is 15.1. The van der Waals surface area contributed by atoms with Crippen LogP contribution in [0.4, 0.5) is 4.39 Å². The van der Waals surface area contributed by atoms with Gasteiger partial charge in [-0.2, -0.15) is 5.26 Å². The van der Waals surface area contributed by atoms with E-state index < -0.39 is 5.82 Å². The van der Waals surface area contributed by atoms with E-state index in [-0.39, 0.29) is 56.5 Å². The van der Waals surface area contributed by atoms with Gasteiger partial charge >= 0.3 is 0 Å². The summed E-state index contributed by atoms with van der Waals surface area (Å²) in [5, 5.41) is 25.5. The van der Waals surface area contributed by atoms with Crippen molar-refractivity contribution in [2.24, 2.45) is 0 Å². The van der Waals surface area contributed by atoms with Gasteiger partial charge in [0.05, 0.1) is 33.1 Å². The molecule has 156 valence electrons. The Hall–Kier alpha value is -2.99. The highest BCUT2D eigenvalue weighted by Gasteiger charge is 2.18. The number of nitrogens with one attached hydrogen (secondary N) is 2. The average Bonchev–Trinajstić information content (AvgIpc) is 2.73. The predicted octanol–water partition coefficient (Wildman–Crippen LogP) is 6.52. The van der Waals surface area contributed by atoms with Crippen LogP contribution in [0.5, 0.6) is 11.5 Å². The fraction of sp³-hybridized carbons (Fsp3) is 0.0476. The summed E-state index contributed by atoms with van der Waals surface area (Å²) >= 11 is 15.2. The number of aromatic nitrogens is 1. The minimum Gasteiger partial charge on any atom is -0.453 e. The molecule has 0 aliphatic carbocycles. The summed E-state index contributed by atoms with van der Waals surface area (Å²) < 4.78 is 26.2. The van der Waals surface area contributed by atoms with E-state index in [4.69, 9.17) is 48.8 Å². The topological polar surface area (TPSA) is 103 Å². The molecule has 0 aliphatic rings. The van der Waals surface area contributed by atoms with E-state index in [9.17, 15) is 0 Å². The van der Waals surface area contributed by atoms with E-state index in [0.29, 0.717) is 4.47 Å². The van der Waals surface area contributed by atoms with E-state index in [1.54, 1.807) is 6.07 Å². The molecule has 0 fully saturated rings. The number of rotatable bonds is 5. The van der Waals surface area contributed by atoms with Crippen LogP contribution in [0.2, 0.25) is 10.0 Å². The second kappa shape index (κ2) is 9.88. The highest BCUT2D eigenvalue weighted by Crippen LogP contribution is 2.35. The minimum absolute atomic E-state index is 0.111. The molecule has 0 radical (unpaired) electrons. The van der Waals surface area contributed by atoms with Crippen molar-refractivity contribution >= 4 is 50.9 Å². The van der Waals surface area contributed by atoms with Crippen LogP contribution in [-0.2, 0) is 11.2 Å². The zero-order valence-corrected chi connectivity index (χ0v) is 18.6. The normalized spacial score (nSPS) is 10.3. The van der Waals surface area contributed by atoms with Crippen LogP contribution in [0.25, 0.3) is 0 Å². The molecule has 0 unspecified atom stereocenters. The molecule has 0 aliphatic heterocycles. The van der Waals surface area contributed by atoms with Gasteiger partial charge in [-0.05, 0) is 46.3 Å². The standard InChI is InChI=1S/C21H12BrCl2FN4O2/c22-16-2-1-12(7-18(27)31-21(28)15-3-4-29-10-17(15)24)19(25)20(16)30-14-6-11(9-26)5-13(23)8-14/h1-6,8,10,27-28H,7H2. The monoisotopic (exact) mass is 520 g/mol. The van der Waals surface area contributed by atoms with Gasteiger partial charge in [0.15, 0.2) is 17.5 Å². The third kappa shape index (κ3) is 5.58. The van der Waals surface area contributed by atoms with Gasteiger partial charge in [0.1, 0.15) is 5.75 Å². The molecule has 0 saturated carbocycles. The quantitative estimate of drug-likeness (QED) is 0.294. The van der Waals surface area contributed by atoms with Gasteiger partial charge < -0.3 is 9.47 Å². The molecule has 0 spiro atoms. The molecule has 0 atom stereocenters. The summed E-state index contributed by atoms with van der Waals surface area (Å²) in [4.78, 5) is 3.82. The lowest BCUT2D eigenvalue weighted by atomic mass is 10.1. The van der Waals surface area contributed by atoms with Crippen molar-refractivity contribution in [1.29, 1.82) is 16.1 Å². The maximum Gasteiger partial charge on any atom is 0.222 e. The second-order valence-corrected chi connectivity index (χ2v) is 7.82. The summed E-state index contributed by atoms with van der Waals surface area (Å²) in [5.41, 5.74) is 0.633. The van der Waals surface area contributed by atoms with Crippen molar-refractivity contribution < 1.29 is 13.9 Å². The van der Waals surface area contributed by atoms with Crippen molar-refractivity contribution in [2.75, 3.05) is 0 Å². The SMILES string of the molecule is N#Cc1cc(Cl)cc(Oc2c(Br)ccc(CC(=N)OC(=N)c3ccncc3Cl)c2F)c1. The van der Waals surface area contributed by atoms with Gasteiger partial charge in [0, 0.05) is 23.0 Å². The molecule has 1 heterocycles. The molecule has 2 aromatic carbocycles.